The minimum absolute atomic E-state index is 0.0347. The highest BCUT2D eigenvalue weighted by molar-refractivity contribution is 9.10. The van der Waals surface area contributed by atoms with Gasteiger partial charge in [-0.3, -0.25) is 4.68 Å². The van der Waals surface area contributed by atoms with Gasteiger partial charge in [-0.15, -0.1) is 11.8 Å². The summed E-state index contributed by atoms with van der Waals surface area (Å²) < 4.78 is 8.84. The predicted octanol–water partition coefficient (Wildman–Crippen LogP) is 2.26. The van der Waals surface area contributed by atoms with E-state index in [4.69, 9.17) is 4.74 Å². The van der Waals surface area contributed by atoms with E-state index in [2.05, 4.69) is 21.0 Å². The zero-order valence-electron chi connectivity index (χ0n) is 7.86. The van der Waals surface area contributed by atoms with Crippen LogP contribution in [0.5, 0.6) is 0 Å². The SMILES string of the molecule is Cn1ncc(Br)c1[C@]12CCCS[C@@H]1O2. The smallest absolute Gasteiger partial charge is 0.148 e. The van der Waals surface area contributed by atoms with Crippen LogP contribution < -0.4 is 0 Å². The third-order valence-electron chi connectivity index (χ3n) is 2.90. The number of halogens is 1. The van der Waals surface area contributed by atoms with Gasteiger partial charge in [-0.05, 0) is 34.5 Å². The van der Waals surface area contributed by atoms with E-state index >= 15 is 0 Å². The molecule has 1 aromatic rings. The molecule has 76 valence electrons. The third-order valence-corrected chi connectivity index (χ3v) is 4.78. The van der Waals surface area contributed by atoms with Crippen LogP contribution in [-0.2, 0) is 17.4 Å². The molecule has 0 saturated carbocycles. The van der Waals surface area contributed by atoms with Crippen molar-refractivity contribution in [2.75, 3.05) is 5.75 Å². The average Bonchev–Trinajstić information content (AvgIpc) is 2.81. The second-order valence-electron chi connectivity index (χ2n) is 3.78. The highest BCUT2D eigenvalue weighted by Crippen LogP contribution is 2.59. The van der Waals surface area contributed by atoms with Crippen LogP contribution in [0.3, 0.4) is 0 Å². The van der Waals surface area contributed by atoms with Gasteiger partial charge in [0.05, 0.1) is 16.4 Å². The van der Waals surface area contributed by atoms with E-state index in [1.165, 1.54) is 17.9 Å². The lowest BCUT2D eigenvalue weighted by molar-refractivity contribution is 0.278. The molecule has 3 nitrogen and oxygen atoms in total. The number of nitrogens with zero attached hydrogens (tertiary/aromatic N) is 2. The van der Waals surface area contributed by atoms with Crippen LogP contribution in [0.4, 0.5) is 0 Å². The minimum Gasteiger partial charge on any atom is -0.348 e. The summed E-state index contributed by atoms with van der Waals surface area (Å²) in [5, 5.41) is 4.24. The highest BCUT2D eigenvalue weighted by atomic mass is 79.9. The molecule has 3 rings (SSSR count). The van der Waals surface area contributed by atoms with E-state index in [-0.39, 0.29) is 5.60 Å². The van der Waals surface area contributed by atoms with E-state index in [0.717, 1.165) is 10.9 Å². The van der Waals surface area contributed by atoms with Crippen LogP contribution in [0.2, 0.25) is 0 Å². The highest BCUT2D eigenvalue weighted by Gasteiger charge is 2.61. The van der Waals surface area contributed by atoms with E-state index in [1.54, 1.807) is 0 Å². The van der Waals surface area contributed by atoms with Crippen LogP contribution in [0.25, 0.3) is 0 Å². The summed E-state index contributed by atoms with van der Waals surface area (Å²) in [5.41, 5.74) is 1.53. The largest absolute Gasteiger partial charge is 0.348 e. The molecular formula is C9H11BrN2OS. The number of epoxide rings is 1. The Bertz CT molecular complexity index is 361. The van der Waals surface area contributed by atoms with E-state index in [1.807, 2.05) is 29.7 Å². The Hall–Kier alpha value is -0.0000000000000000763. The molecule has 5 heteroatoms. The van der Waals surface area contributed by atoms with Gasteiger partial charge in [0.25, 0.3) is 0 Å². The lowest BCUT2D eigenvalue weighted by Gasteiger charge is -2.17. The van der Waals surface area contributed by atoms with Gasteiger partial charge in [0.15, 0.2) is 0 Å². The molecule has 0 amide bonds. The van der Waals surface area contributed by atoms with Crippen molar-refractivity contribution in [1.82, 2.24) is 9.78 Å². The maximum atomic E-state index is 5.84. The molecule has 2 aliphatic heterocycles. The fraction of sp³-hybridized carbons (Fsp3) is 0.667. The van der Waals surface area contributed by atoms with Crippen LogP contribution in [0.1, 0.15) is 18.5 Å². The first-order valence-corrected chi connectivity index (χ1v) is 6.55. The molecule has 2 fully saturated rings. The number of hydrogen-bond acceptors (Lipinski definition) is 3. The van der Waals surface area contributed by atoms with Crippen molar-refractivity contribution in [3.05, 3.63) is 16.4 Å². The average molecular weight is 275 g/mol. The maximum absolute atomic E-state index is 5.84. The van der Waals surface area contributed by atoms with Crippen molar-refractivity contribution in [1.29, 1.82) is 0 Å². The number of thioether (sulfide) groups is 1. The Morgan fingerprint density at radius 1 is 1.79 bits per heavy atom. The first kappa shape index (κ1) is 9.24. The monoisotopic (exact) mass is 274 g/mol. The molecule has 14 heavy (non-hydrogen) atoms. The summed E-state index contributed by atoms with van der Waals surface area (Å²) >= 11 is 5.46. The summed E-state index contributed by atoms with van der Waals surface area (Å²) in [5.74, 6) is 1.22. The number of aromatic nitrogens is 2. The first-order valence-electron chi connectivity index (χ1n) is 4.71. The van der Waals surface area contributed by atoms with Gasteiger partial charge < -0.3 is 4.74 Å². The number of hydrogen-bond donors (Lipinski definition) is 0. The second kappa shape index (κ2) is 3.00. The molecule has 0 radical (unpaired) electrons. The number of rotatable bonds is 1. The van der Waals surface area contributed by atoms with Gasteiger partial charge in [-0.2, -0.15) is 5.10 Å². The topological polar surface area (TPSA) is 30.4 Å². The van der Waals surface area contributed by atoms with Crippen molar-refractivity contribution in [2.24, 2.45) is 7.05 Å². The number of aryl methyl sites for hydroxylation is 1. The fourth-order valence-electron chi connectivity index (χ4n) is 2.20. The van der Waals surface area contributed by atoms with Crippen molar-refractivity contribution in [3.8, 4) is 0 Å². The summed E-state index contributed by atoms with van der Waals surface area (Å²) in [7, 11) is 1.98. The van der Waals surface area contributed by atoms with Crippen LogP contribution in [-0.4, -0.2) is 21.0 Å². The van der Waals surface area contributed by atoms with Gasteiger partial charge in [-0.25, -0.2) is 0 Å². The van der Waals surface area contributed by atoms with Crippen LogP contribution in [0, 0.1) is 0 Å². The molecule has 2 saturated heterocycles. The normalized spacial score (nSPS) is 35.4. The Morgan fingerprint density at radius 3 is 3.29 bits per heavy atom. The molecule has 0 bridgehead atoms. The van der Waals surface area contributed by atoms with Gasteiger partial charge in [0, 0.05) is 7.05 Å². The van der Waals surface area contributed by atoms with Crippen LogP contribution in [0.15, 0.2) is 10.7 Å². The van der Waals surface area contributed by atoms with E-state index in [9.17, 15) is 0 Å². The molecule has 0 aliphatic carbocycles. The summed E-state index contributed by atoms with van der Waals surface area (Å²) in [6.45, 7) is 0. The molecular weight excluding hydrogens is 264 g/mol. The standard InChI is InChI=1S/C9H11BrN2OS/c1-12-7(6(10)5-11-12)9-3-2-4-14-8(9)13-9/h5,8H,2-4H2,1H3/t8-,9+/m0/s1. The summed E-state index contributed by atoms with van der Waals surface area (Å²) in [6.07, 6.45) is 4.21. The van der Waals surface area contributed by atoms with Crippen molar-refractivity contribution >= 4 is 27.7 Å². The lowest BCUT2D eigenvalue weighted by Crippen LogP contribution is -2.20. The maximum Gasteiger partial charge on any atom is 0.148 e. The predicted molar refractivity (Wildman–Crippen MR) is 59.2 cm³/mol. The Morgan fingerprint density at radius 2 is 2.64 bits per heavy atom. The van der Waals surface area contributed by atoms with Gasteiger partial charge in [0.1, 0.15) is 11.0 Å². The molecule has 0 aromatic carbocycles. The Kier molecular flexibility index (Phi) is 1.98. The first-order chi connectivity index (χ1) is 6.74. The van der Waals surface area contributed by atoms with Crippen molar-refractivity contribution in [2.45, 2.75) is 23.9 Å². The zero-order chi connectivity index (χ0) is 9.76. The Labute approximate surface area is 95.3 Å². The molecule has 0 N–H and O–H groups in total. The molecule has 0 unspecified atom stereocenters. The van der Waals surface area contributed by atoms with Gasteiger partial charge >= 0.3 is 0 Å². The summed E-state index contributed by atoms with van der Waals surface area (Å²) in [4.78, 5) is 0. The van der Waals surface area contributed by atoms with E-state index < -0.39 is 0 Å². The molecule has 0 spiro atoms. The van der Waals surface area contributed by atoms with Gasteiger partial charge in [-0.1, -0.05) is 0 Å². The minimum atomic E-state index is -0.0347. The van der Waals surface area contributed by atoms with Crippen molar-refractivity contribution in [3.63, 3.8) is 0 Å². The van der Waals surface area contributed by atoms with Gasteiger partial charge in [0.2, 0.25) is 0 Å². The number of fused-ring (bicyclic) bond motifs is 1. The molecule has 3 heterocycles. The quantitative estimate of drug-likeness (QED) is 0.736. The lowest BCUT2D eigenvalue weighted by atomic mass is 10.0. The third kappa shape index (κ3) is 1.12. The molecule has 2 aliphatic rings. The zero-order valence-corrected chi connectivity index (χ0v) is 10.3. The van der Waals surface area contributed by atoms with Crippen LogP contribution >= 0.6 is 27.7 Å². The van der Waals surface area contributed by atoms with Crippen molar-refractivity contribution < 1.29 is 4.74 Å². The van der Waals surface area contributed by atoms with E-state index in [0.29, 0.717) is 5.44 Å². The number of ether oxygens (including phenoxy) is 1. The second-order valence-corrected chi connectivity index (χ2v) is 5.80. The Balaban J connectivity index is 2.03. The molecule has 2 atom stereocenters. The molecule has 1 aromatic heterocycles. The fourth-order valence-corrected chi connectivity index (χ4v) is 4.15. The summed E-state index contributed by atoms with van der Waals surface area (Å²) in [6, 6.07) is 0.